The van der Waals surface area contributed by atoms with Crippen molar-refractivity contribution in [1.29, 1.82) is 0 Å². The molecule has 0 saturated carbocycles. The maximum absolute atomic E-state index is 6.98. The zero-order chi connectivity index (χ0) is 44.3. The lowest BCUT2D eigenvalue weighted by molar-refractivity contribution is 0.672. The third-order valence-corrected chi connectivity index (χ3v) is 14.4. The molecule has 2 nitrogen and oxygen atoms in total. The lowest BCUT2D eigenvalue weighted by Gasteiger charge is -2.26. The first-order valence-corrected chi connectivity index (χ1v) is 23.6. The number of benzene rings is 11. The van der Waals surface area contributed by atoms with Crippen LogP contribution in [0.4, 0.5) is 17.1 Å². The van der Waals surface area contributed by atoms with E-state index in [1.807, 2.05) is 11.3 Å². The first kappa shape index (κ1) is 38.9. The minimum absolute atomic E-state index is 0.853. The van der Waals surface area contributed by atoms with Gasteiger partial charge in [0.05, 0.1) is 11.1 Å². The van der Waals surface area contributed by atoms with Crippen molar-refractivity contribution in [2.24, 2.45) is 0 Å². The van der Waals surface area contributed by atoms with E-state index in [1.165, 1.54) is 75.8 Å². The summed E-state index contributed by atoms with van der Waals surface area (Å²) in [6, 6.07) is 90.0. The van der Waals surface area contributed by atoms with Crippen molar-refractivity contribution in [2.45, 2.75) is 0 Å². The predicted octanol–water partition coefficient (Wildman–Crippen LogP) is 18.9. The SMILES string of the molecule is c1ccc(-c2ccc(N(c3ccccc3)c3cccc4oc5c6ccccc6c(-c6ccc(-c7cc(-c8ccccc8)cc(-c8ccccc8)c7)c7c6sc6ccccc67)cc5c34)cc2)cc1. The molecule has 0 spiro atoms. The lowest BCUT2D eigenvalue weighted by atomic mass is 9.89. The van der Waals surface area contributed by atoms with E-state index >= 15 is 0 Å². The molecule has 0 aliphatic rings. The molecular formula is C64H41NOS. The van der Waals surface area contributed by atoms with E-state index in [0.717, 1.165) is 49.8 Å². The Balaban J connectivity index is 1.05. The molecule has 0 atom stereocenters. The van der Waals surface area contributed by atoms with Crippen molar-refractivity contribution in [1.82, 2.24) is 0 Å². The number of anilines is 3. The predicted molar refractivity (Wildman–Crippen MR) is 286 cm³/mol. The van der Waals surface area contributed by atoms with Gasteiger partial charge in [0, 0.05) is 47.9 Å². The van der Waals surface area contributed by atoms with Crippen LogP contribution in [0.5, 0.6) is 0 Å². The highest BCUT2D eigenvalue weighted by molar-refractivity contribution is 7.26. The summed E-state index contributed by atoms with van der Waals surface area (Å²) in [6.45, 7) is 0. The highest BCUT2D eigenvalue weighted by atomic mass is 32.1. The number of thiophene rings is 1. The van der Waals surface area contributed by atoms with Gasteiger partial charge in [-0.2, -0.15) is 0 Å². The molecular weight excluding hydrogens is 831 g/mol. The van der Waals surface area contributed by atoms with Crippen molar-refractivity contribution in [3.8, 4) is 55.6 Å². The van der Waals surface area contributed by atoms with Crippen LogP contribution in [-0.2, 0) is 0 Å². The lowest BCUT2D eigenvalue weighted by Crippen LogP contribution is -2.10. The van der Waals surface area contributed by atoms with Gasteiger partial charge in [-0.3, -0.25) is 0 Å². The average Bonchev–Trinajstić information content (AvgIpc) is 3.99. The molecule has 0 unspecified atom stereocenters. The van der Waals surface area contributed by atoms with Crippen molar-refractivity contribution in [3.05, 3.63) is 249 Å². The molecule has 0 saturated heterocycles. The van der Waals surface area contributed by atoms with E-state index < -0.39 is 0 Å². The molecule has 0 bridgehead atoms. The van der Waals surface area contributed by atoms with Crippen LogP contribution in [0.1, 0.15) is 0 Å². The molecule has 13 rings (SSSR count). The second kappa shape index (κ2) is 16.2. The van der Waals surface area contributed by atoms with Gasteiger partial charge in [-0.05, 0) is 122 Å². The van der Waals surface area contributed by atoms with E-state index in [4.69, 9.17) is 4.42 Å². The van der Waals surface area contributed by atoms with E-state index in [9.17, 15) is 0 Å². The molecule has 0 aliphatic heterocycles. The molecule has 0 amide bonds. The zero-order valence-corrected chi connectivity index (χ0v) is 37.3. The Labute approximate surface area is 392 Å². The Morgan fingerprint density at radius 1 is 0.313 bits per heavy atom. The molecule has 2 aromatic heterocycles. The van der Waals surface area contributed by atoms with Gasteiger partial charge in [-0.25, -0.2) is 0 Å². The fourth-order valence-corrected chi connectivity index (χ4v) is 11.4. The number of hydrogen-bond acceptors (Lipinski definition) is 3. The Kier molecular flexibility index (Phi) is 9.40. The summed E-state index contributed by atoms with van der Waals surface area (Å²) in [5, 5.41) is 6.97. The van der Waals surface area contributed by atoms with Gasteiger partial charge in [0.25, 0.3) is 0 Å². The highest BCUT2D eigenvalue weighted by Crippen LogP contribution is 2.50. The van der Waals surface area contributed by atoms with Gasteiger partial charge >= 0.3 is 0 Å². The fourth-order valence-electron chi connectivity index (χ4n) is 10.1. The molecule has 0 aliphatic carbocycles. The third kappa shape index (κ3) is 6.71. The summed E-state index contributed by atoms with van der Waals surface area (Å²) in [6.07, 6.45) is 0. The molecule has 11 aromatic carbocycles. The van der Waals surface area contributed by atoms with Crippen LogP contribution in [0.3, 0.4) is 0 Å². The summed E-state index contributed by atoms with van der Waals surface area (Å²) in [4.78, 5) is 2.37. The van der Waals surface area contributed by atoms with Crippen molar-refractivity contribution >= 4 is 81.3 Å². The van der Waals surface area contributed by atoms with Crippen LogP contribution in [-0.4, -0.2) is 0 Å². The van der Waals surface area contributed by atoms with Gasteiger partial charge in [0.15, 0.2) is 0 Å². The first-order chi connectivity index (χ1) is 33.2. The molecule has 13 aromatic rings. The van der Waals surface area contributed by atoms with Gasteiger partial charge in [-0.15, -0.1) is 11.3 Å². The van der Waals surface area contributed by atoms with Crippen molar-refractivity contribution < 1.29 is 4.42 Å². The number of furan rings is 1. The van der Waals surface area contributed by atoms with Crippen LogP contribution >= 0.6 is 11.3 Å². The van der Waals surface area contributed by atoms with Gasteiger partial charge in [0.2, 0.25) is 0 Å². The molecule has 314 valence electrons. The van der Waals surface area contributed by atoms with Crippen LogP contribution in [0.25, 0.3) is 109 Å². The second-order valence-corrected chi connectivity index (χ2v) is 18.2. The molecule has 0 fully saturated rings. The first-order valence-electron chi connectivity index (χ1n) is 22.8. The molecule has 0 radical (unpaired) electrons. The third-order valence-electron chi connectivity index (χ3n) is 13.2. The standard InChI is InChI=1S/C64H41NOS/c1-5-18-42(19-6-1)45-32-34-50(35-33-45)65(49-24-11-4-12-25-49)58-29-17-30-59-62(58)57-41-56(52-26-13-14-27-53(52)63(57)66-59)54-37-36-51(61-55-28-15-16-31-60(55)67-64(54)61)48-39-46(43-20-7-2-8-21-43)38-47(40-48)44-22-9-3-10-23-44/h1-41H. The van der Waals surface area contributed by atoms with E-state index in [-0.39, 0.29) is 0 Å². The number of para-hydroxylation sites is 1. The topological polar surface area (TPSA) is 16.4 Å². The highest BCUT2D eigenvalue weighted by Gasteiger charge is 2.24. The summed E-state index contributed by atoms with van der Waals surface area (Å²) < 4.78 is 9.52. The zero-order valence-electron chi connectivity index (χ0n) is 36.4. The minimum Gasteiger partial charge on any atom is -0.455 e. The summed E-state index contributed by atoms with van der Waals surface area (Å²) in [5.41, 5.74) is 17.0. The maximum atomic E-state index is 6.98. The van der Waals surface area contributed by atoms with Crippen molar-refractivity contribution in [2.75, 3.05) is 4.90 Å². The smallest absolute Gasteiger partial charge is 0.143 e. The normalized spacial score (nSPS) is 11.6. The minimum atomic E-state index is 0.853. The number of fused-ring (bicyclic) bond motifs is 8. The summed E-state index contributed by atoms with van der Waals surface area (Å²) >= 11 is 1.88. The van der Waals surface area contributed by atoms with Crippen LogP contribution in [0.15, 0.2) is 253 Å². The largest absolute Gasteiger partial charge is 0.455 e. The monoisotopic (exact) mass is 871 g/mol. The Bertz CT molecular complexity index is 3890. The van der Waals surface area contributed by atoms with Gasteiger partial charge < -0.3 is 9.32 Å². The van der Waals surface area contributed by atoms with Gasteiger partial charge in [-0.1, -0.05) is 182 Å². The Morgan fingerprint density at radius 3 is 1.51 bits per heavy atom. The Hall–Kier alpha value is -8.50. The molecule has 0 N–H and O–H groups in total. The number of nitrogens with zero attached hydrogens (tertiary/aromatic N) is 1. The average molecular weight is 872 g/mol. The quantitative estimate of drug-likeness (QED) is 0.151. The molecule has 2 heterocycles. The van der Waals surface area contributed by atoms with Crippen molar-refractivity contribution in [3.63, 3.8) is 0 Å². The molecule has 67 heavy (non-hydrogen) atoms. The maximum Gasteiger partial charge on any atom is 0.143 e. The van der Waals surface area contributed by atoms with E-state index in [2.05, 4.69) is 254 Å². The Morgan fingerprint density at radius 2 is 0.836 bits per heavy atom. The summed E-state index contributed by atoms with van der Waals surface area (Å²) in [7, 11) is 0. The molecule has 3 heteroatoms. The van der Waals surface area contributed by atoms with Crippen LogP contribution in [0, 0.1) is 0 Å². The van der Waals surface area contributed by atoms with Crippen LogP contribution in [0.2, 0.25) is 0 Å². The number of rotatable bonds is 8. The second-order valence-electron chi connectivity index (χ2n) is 17.2. The van der Waals surface area contributed by atoms with Crippen LogP contribution < -0.4 is 4.90 Å². The fraction of sp³-hybridized carbons (Fsp3) is 0. The van der Waals surface area contributed by atoms with E-state index in [0.29, 0.717) is 0 Å². The van der Waals surface area contributed by atoms with E-state index in [1.54, 1.807) is 0 Å². The summed E-state index contributed by atoms with van der Waals surface area (Å²) in [5.74, 6) is 0. The number of hydrogen-bond donors (Lipinski definition) is 0. The van der Waals surface area contributed by atoms with Gasteiger partial charge in [0.1, 0.15) is 11.2 Å².